The Morgan fingerprint density at radius 3 is 2.63 bits per heavy atom. The third-order valence-electron chi connectivity index (χ3n) is 2.93. The molecule has 1 aromatic heterocycles. The lowest BCUT2D eigenvalue weighted by atomic mass is 10.0. The van der Waals surface area contributed by atoms with Crippen LogP contribution >= 0.6 is 0 Å². The first-order valence-corrected chi connectivity index (χ1v) is 6.58. The third-order valence-corrected chi connectivity index (χ3v) is 2.93. The molecule has 0 aromatic carbocycles. The minimum atomic E-state index is -0.972. The molecule has 1 atom stereocenters. The molecule has 0 spiro atoms. The normalized spacial score (nSPS) is 13.9. The van der Waals surface area contributed by atoms with Gasteiger partial charge < -0.3 is 15.5 Å². The van der Waals surface area contributed by atoms with Gasteiger partial charge in [0, 0.05) is 12.2 Å². The molecule has 1 aromatic rings. The van der Waals surface area contributed by atoms with E-state index in [2.05, 4.69) is 10.3 Å². The van der Waals surface area contributed by atoms with Crippen molar-refractivity contribution in [2.45, 2.75) is 45.6 Å². The maximum atomic E-state index is 11.0. The van der Waals surface area contributed by atoms with Crippen LogP contribution in [0.25, 0.3) is 0 Å². The van der Waals surface area contributed by atoms with Gasteiger partial charge >= 0.3 is 5.97 Å². The molecule has 0 bridgehead atoms. The Morgan fingerprint density at radius 1 is 1.42 bits per heavy atom. The van der Waals surface area contributed by atoms with E-state index < -0.39 is 11.6 Å². The molecular weight excluding hydrogens is 244 g/mol. The lowest BCUT2D eigenvalue weighted by molar-refractivity contribution is 0.0636. The fourth-order valence-corrected chi connectivity index (χ4v) is 1.89. The summed E-state index contributed by atoms with van der Waals surface area (Å²) in [7, 11) is 0. The van der Waals surface area contributed by atoms with Crippen molar-refractivity contribution in [1.29, 1.82) is 0 Å². The second-order valence-electron chi connectivity index (χ2n) is 4.99. The van der Waals surface area contributed by atoms with Crippen LogP contribution in [-0.4, -0.2) is 33.3 Å². The first-order valence-electron chi connectivity index (χ1n) is 6.58. The predicted octanol–water partition coefficient (Wildman–Crippen LogP) is 2.31. The van der Waals surface area contributed by atoms with Crippen molar-refractivity contribution < 1.29 is 15.0 Å². The van der Waals surface area contributed by atoms with Gasteiger partial charge in [-0.3, -0.25) is 0 Å². The molecule has 1 unspecified atom stereocenters. The maximum absolute atomic E-state index is 11.0. The fraction of sp³-hybridized carbons (Fsp3) is 0.571. The number of carboxylic acid groups (broad SMARTS) is 1. The number of pyridine rings is 1. The SMILES string of the molecule is CCCC(C)(O)CNc1cc(C(=O)O)cc(CC)n1. The minimum Gasteiger partial charge on any atom is -0.478 e. The Balaban J connectivity index is 2.83. The van der Waals surface area contributed by atoms with Crippen LogP contribution in [0.4, 0.5) is 5.82 Å². The smallest absolute Gasteiger partial charge is 0.335 e. The largest absolute Gasteiger partial charge is 0.478 e. The monoisotopic (exact) mass is 266 g/mol. The molecule has 0 fully saturated rings. The maximum Gasteiger partial charge on any atom is 0.335 e. The van der Waals surface area contributed by atoms with Crippen molar-refractivity contribution >= 4 is 11.8 Å². The molecule has 5 heteroatoms. The molecule has 1 heterocycles. The van der Waals surface area contributed by atoms with Gasteiger partial charge in [0.2, 0.25) is 0 Å². The van der Waals surface area contributed by atoms with Gasteiger partial charge in [-0.25, -0.2) is 9.78 Å². The predicted molar refractivity (Wildman–Crippen MR) is 74.6 cm³/mol. The molecule has 0 saturated heterocycles. The van der Waals surface area contributed by atoms with Gasteiger partial charge in [-0.15, -0.1) is 0 Å². The second-order valence-corrected chi connectivity index (χ2v) is 4.99. The summed E-state index contributed by atoms with van der Waals surface area (Å²) in [4.78, 5) is 15.3. The number of anilines is 1. The van der Waals surface area contributed by atoms with Gasteiger partial charge in [-0.2, -0.15) is 0 Å². The zero-order chi connectivity index (χ0) is 14.5. The number of aliphatic hydroxyl groups is 1. The number of carboxylic acids is 1. The lowest BCUT2D eigenvalue weighted by Crippen LogP contribution is -2.33. The number of nitrogens with one attached hydrogen (secondary N) is 1. The first kappa shape index (κ1) is 15.4. The van der Waals surface area contributed by atoms with E-state index >= 15 is 0 Å². The lowest BCUT2D eigenvalue weighted by Gasteiger charge is -2.23. The Kier molecular flexibility index (Phi) is 5.30. The molecule has 0 radical (unpaired) electrons. The summed E-state index contributed by atoms with van der Waals surface area (Å²) < 4.78 is 0. The van der Waals surface area contributed by atoms with Gasteiger partial charge in [0.25, 0.3) is 0 Å². The van der Waals surface area contributed by atoms with Gasteiger partial charge in [0.1, 0.15) is 5.82 Å². The summed E-state index contributed by atoms with van der Waals surface area (Å²) in [5.41, 5.74) is 0.115. The van der Waals surface area contributed by atoms with Crippen LogP contribution in [0, 0.1) is 0 Å². The van der Waals surface area contributed by atoms with E-state index in [4.69, 9.17) is 5.11 Å². The number of carbonyl (C=O) groups is 1. The average molecular weight is 266 g/mol. The standard InChI is InChI=1S/C14H22N2O3/c1-4-6-14(3,19)9-15-12-8-10(13(17)18)7-11(5-2)16-12/h7-8,19H,4-6,9H2,1-3H3,(H,15,16)(H,17,18). The van der Waals surface area contributed by atoms with Crippen molar-refractivity contribution in [2.24, 2.45) is 0 Å². The summed E-state index contributed by atoms with van der Waals surface area (Å²) in [5.74, 6) is -0.478. The van der Waals surface area contributed by atoms with Crippen molar-refractivity contribution in [2.75, 3.05) is 11.9 Å². The van der Waals surface area contributed by atoms with E-state index in [0.29, 0.717) is 25.2 Å². The van der Waals surface area contributed by atoms with E-state index in [1.54, 1.807) is 13.0 Å². The van der Waals surface area contributed by atoms with Gasteiger partial charge in [-0.1, -0.05) is 20.3 Å². The fourth-order valence-electron chi connectivity index (χ4n) is 1.89. The molecule has 0 saturated carbocycles. The molecule has 0 aliphatic rings. The summed E-state index contributed by atoms with van der Waals surface area (Å²) in [6.07, 6.45) is 2.23. The number of rotatable bonds is 7. The number of hydrogen-bond donors (Lipinski definition) is 3. The summed E-state index contributed by atoms with van der Waals surface area (Å²) in [6, 6.07) is 3.06. The molecule has 1 rings (SSSR count). The molecule has 0 aliphatic heterocycles. The highest BCUT2D eigenvalue weighted by Crippen LogP contribution is 2.15. The van der Waals surface area contributed by atoms with Crippen molar-refractivity contribution in [1.82, 2.24) is 4.98 Å². The third kappa shape index (κ3) is 4.87. The summed E-state index contributed by atoms with van der Waals surface area (Å²) in [5, 5.41) is 22.1. The van der Waals surface area contributed by atoms with Crippen LogP contribution in [0.2, 0.25) is 0 Å². The molecule has 5 nitrogen and oxygen atoms in total. The summed E-state index contributed by atoms with van der Waals surface area (Å²) >= 11 is 0. The summed E-state index contributed by atoms with van der Waals surface area (Å²) in [6.45, 7) is 6.03. The number of aryl methyl sites for hydroxylation is 1. The molecular formula is C14H22N2O3. The van der Waals surface area contributed by atoms with Crippen molar-refractivity contribution in [3.05, 3.63) is 23.4 Å². The van der Waals surface area contributed by atoms with E-state index in [0.717, 1.165) is 12.1 Å². The quantitative estimate of drug-likeness (QED) is 0.705. The van der Waals surface area contributed by atoms with Crippen LogP contribution in [0.15, 0.2) is 12.1 Å². The van der Waals surface area contributed by atoms with Crippen LogP contribution in [0.5, 0.6) is 0 Å². The molecule has 19 heavy (non-hydrogen) atoms. The Morgan fingerprint density at radius 2 is 2.11 bits per heavy atom. The number of aromatic nitrogens is 1. The van der Waals surface area contributed by atoms with E-state index in [-0.39, 0.29) is 5.56 Å². The van der Waals surface area contributed by atoms with Gasteiger partial charge in [0.05, 0.1) is 11.2 Å². The Labute approximate surface area is 113 Å². The van der Waals surface area contributed by atoms with E-state index in [1.807, 2.05) is 13.8 Å². The average Bonchev–Trinajstić information content (AvgIpc) is 2.36. The van der Waals surface area contributed by atoms with Crippen LogP contribution in [-0.2, 0) is 6.42 Å². The zero-order valence-corrected chi connectivity index (χ0v) is 11.7. The topological polar surface area (TPSA) is 82.5 Å². The van der Waals surface area contributed by atoms with E-state index in [9.17, 15) is 9.90 Å². The van der Waals surface area contributed by atoms with Crippen LogP contribution < -0.4 is 5.32 Å². The highest BCUT2D eigenvalue weighted by atomic mass is 16.4. The Bertz CT molecular complexity index is 444. The zero-order valence-electron chi connectivity index (χ0n) is 11.7. The van der Waals surface area contributed by atoms with E-state index in [1.165, 1.54) is 6.07 Å². The van der Waals surface area contributed by atoms with Crippen molar-refractivity contribution in [3.8, 4) is 0 Å². The molecule has 106 valence electrons. The highest BCUT2D eigenvalue weighted by Gasteiger charge is 2.19. The first-order chi connectivity index (χ1) is 8.88. The highest BCUT2D eigenvalue weighted by molar-refractivity contribution is 5.88. The van der Waals surface area contributed by atoms with Crippen LogP contribution in [0.3, 0.4) is 0 Å². The molecule has 3 N–H and O–H groups in total. The van der Waals surface area contributed by atoms with Gasteiger partial charge in [-0.05, 0) is 31.9 Å². The van der Waals surface area contributed by atoms with Gasteiger partial charge in [0.15, 0.2) is 0 Å². The minimum absolute atomic E-state index is 0.212. The number of nitrogens with zero attached hydrogens (tertiary/aromatic N) is 1. The number of aromatic carboxylic acids is 1. The molecule has 0 amide bonds. The molecule has 0 aliphatic carbocycles. The van der Waals surface area contributed by atoms with Crippen molar-refractivity contribution in [3.63, 3.8) is 0 Å². The number of hydrogen-bond acceptors (Lipinski definition) is 4. The second kappa shape index (κ2) is 6.52. The van der Waals surface area contributed by atoms with Crippen LogP contribution in [0.1, 0.15) is 49.7 Å². The Hall–Kier alpha value is -1.62.